The van der Waals surface area contributed by atoms with Crippen molar-refractivity contribution >= 4 is 5.91 Å². The van der Waals surface area contributed by atoms with E-state index in [4.69, 9.17) is 0 Å². The average Bonchev–Trinajstić information content (AvgIpc) is 2.57. The van der Waals surface area contributed by atoms with Crippen LogP contribution in [0.3, 0.4) is 0 Å². The van der Waals surface area contributed by atoms with Crippen LogP contribution < -0.4 is 5.32 Å². The van der Waals surface area contributed by atoms with Crippen molar-refractivity contribution in [1.29, 1.82) is 5.26 Å². The van der Waals surface area contributed by atoms with Gasteiger partial charge in [-0.1, -0.05) is 42.8 Å². The summed E-state index contributed by atoms with van der Waals surface area (Å²) in [4.78, 5) is 14.7. The van der Waals surface area contributed by atoms with Crippen molar-refractivity contribution in [2.24, 2.45) is 5.92 Å². The van der Waals surface area contributed by atoms with Crippen LogP contribution >= 0.6 is 0 Å². The maximum Gasteiger partial charge on any atom is 0.224 e. The van der Waals surface area contributed by atoms with E-state index in [1.54, 1.807) is 0 Å². The number of likely N-dealkylation sites (tertiary alicyclic amines) is 1. The van der Waals surface area contributed by atoms with Crippen LogP contribution in [-0.4, -0.2) is 29.4 Å². The Morgan fingerprint density at radius 1 is 1.38 bits per heavy atom. The molecule has 1 aromatic rings. The molecule has 1 unspecified atom stereocenters. The molecule has 128 valence electrons. The quantitative estimate of drug-likeness (QED) is 0.817. The molecule has 0 saturated carbocycles. The third kappa shape index (κ3) is 4.94. The van der Waals surface area contributed by atoms with Crippen molar-refractivity contribution in [3.05, 3.63) is 48.0 Å². The lowest BCUT2D eigenvalue weighted by molar-refractivity contribution is -0.126. The van der Waals surface area contributed by atoms with E-state index in [-0.39, 0.29) is 11.8 Å². The predicted molar refractivity (Wildman–Crippen MR) is 96.0 cm³/mol. The molecule has 0 spiro atoms. The van der Waals surface area contributed by atoms with Crippen molar-refractivity contribution in [3.63, 3.8) is 0 Å². The molecule has 0 aromatic heterocycles. The summed E-state index contributed by atoms with van der Waals surface area (Å²) >= 11 is 0. The second-order valence-electron chi connectivity index (χ2n) is 7.01. The van der Waals surface area contributed by atoms with Gasteiger partial charge in [-0.2, -0.15) is 5.26 Å². The van der Waals surface area contributed by atoms with Gasteiger partial charge in [0.1, 0.15) is 5.54 Å². The van der Waals surface area contributed by atoms with Crippen molar-refractivity contribution < 1.29 is 4.79 Å². The van der Waals surface area contributed by atoms with Gasteiger partial charge in [-0.05, 0) is 31.7 Å². The Labute approximate surface area is 145 Å². The Kier molecular flexibility index (Phi) is 6.16. The van der Waals surface area contributed by atoms with E-state index in [0.717, 1.165) is 25.2 Å². The minimum absolute atomic E-state index is 0.0453. The SMILES string of the molecule is C=C(C)CC(C)C(=O)NC1(C#N)CCN(Cc2ccccc2)CC1. The third-order valence-corrected chi connectivity index (χ3v) is 4.64. The van der Waals surface area contributed by atoms with Gasteiger partial charge in [-0.15, -0.1) is 6.58 Å². The van der Waals surface area contributed by atoms with Gasteiger partial charge in [0.15, 0.2) is 0 Å². The monoisotopic (exact) mass is 325 g/mol. The number of hydrogen-bond acceptors (Lipinski definition) is 3. The normalized spacial score (nSPS) is 18.4. The second kappa shape index (κ2) is 8.12. The molecule has 1 aromatic carbocycles. The predicted octanol–water partition coefficient (Wildman–Crippen LogP) is 3.26. The maximum absolute atomic E-state index is 12.4. The molecular formula is C20H27N3O. The molecule has 2 rings (SSSR count). The molecule has 4 heteroatoms. The highest BCUT2D eigenvalue weighted by Gasteiger charge is 2.36. The number of nitrogens with one attached hydrogen (secondary N) is 1. The summed E-state index contributed by atoms with van der Waals surface area (Å²) in [5.74, 6) is -0.189. The summed E-state index contributed by atoms with van der Waals surface area (Å²) in [5, 5.41) is 12.6. The van der Waals surface area contributed by atoms with Crippen molar-refractivity contribution in [2.75, 3.05) is 13.1 Å². The zero-order valence-corrected chi connectivity index (χ0v) is 14.7. The summed E-state index contributed by atoms with van der Waals surface area (Å²) in [7, 11) is 0. The van der Waals surface area contributed by atoms with E-state index in [1.807, 2.05) is 32.0 Å². The van der Waals surface area contributed by atoms with Gasteiger partial charge in [0.2, 0.25) is 5.91 Å². The van der Waals surface area contributed by atoms with Gasteiger partial charge in [0.25, 0.3) is 0 Å². The fourth-order valence-corrected chi connectivity index (χ4v) is 3.17. The number of hydrogen-bond donors (Lipinski definition) is 1. The van der Waals surface area contributed by atoms with Crippen LogP contribution in [0.4, 0.5) is 0 Å². The third-order valence-electron chi connectivity index (χ3n) is 4.64. The molecule has 1 N–H and O–H groups in total. The molecular weight excluding hydrogens is 298 g/mol. The Balaban J connectivity index is 1.90. The molecule has 1 amide bonds. The van der Waals surface area contributed by atoms with Crippen LogP contribution in [0.25, 0.3) is 0 Å². The maximum atomic E-state index is 12.4. The van der Waals surface area contributed by atoms with Crippen LogP contribution in [-0.2, 0) is 11.3 Å². The second-order valence-corrected chi connectivity index (χ2v) is 7.01. The number of nitrogens with zero attached hydrogens (tertiary/aromatic N) is 2. The highest BCUT2D eigenvalue weighted by atomic mass is 16.2. The Bertz CT molecular complexity index is 610. The molecule has 1 aliphatic heterocycles. The molecule has 0 radical (unpaired) electrons. The largest absolute Gasteiger partial charge is 0.337 e. The van der Waals surface area contributed by atoms with E-state index >= 15 is 0 Å². The molecule has 4 nitrogen and oxygen atoms in total. The van der Waals surface area contributed by atoms with Gasteiger partial charge in [-0.25, -0.2) is 0 Å². The molecule has 1 aliphatic rings. The minimum Gasteiger partial charge on any atom is -0.337 e. The zero-order valence-electron chi connectivity index (χ0n) is 14.7. The van der Waals surface area contributed by atoms with Crippen molar-refractivity contribution in [3.8, 4) is 6.07 Å². The van der Waals surface area contributed by atoms with Gasteiger partial charge in [-0.3, -0.25) is 9.69 Å². The molecule has 0 aliphatic carbocycles. The first kappa shape index (κ1) is 18.2. The standard InChI is InChI=1S/C20H27N3O/c1-16(2)13-17(3)19(24)22-20(15-21)9-11-23(12-10-20)14-18-7-5-4-6-8-18/h4-8,17H,1,9-14H2,2-3H3,(H,22,24). The molecule has 1 fully saturated rings. The topological polar surface area (TPSA) is 56.1 Å². The number of piperidine rings is 1. The van der Waals surface area contributed by atoms with E-state index in [2.05, 4.69) is 35.0 Å². The summed E-state index contributed by atoms with van der Waals surface area (Å²) in [6.45, 7) is 10.2. The van der Waals surface area contributed by atoms with Gasteiger partial charge >= 0.3 is 0 Å². The Morgan fingerprint density at radius 3 is 2.54 bits per heavy atom. The van der Waals surface area contributed by atoms with Crippen molar-refractivity contribution in [1.82, 2.24) is 10.2 Å². The Hall–Kier alpha value is -2.12. The summed E-state index contributed by atoms with van der Waals surface area (Å²) in [6, 6.07) is 12.7. The summed E-state index contributed by atoms with van der Waals surface area (Å²) in [5.41, 5.74) is 1.54. The highest BCUT2D eigenvalue weighted by molar-refractivity contribution is 5.79. The average molecular weight is 325 g/mol. The minimum atomic E-state index is -0.729. The summed E-state index contributed by atoms with van der Waals surface area (Å²) < 4.78 is 0. The number of amides is 1. The molecule has 1 atom stereocenters. The van der Waals surface area contributed by atoms with E-state index in [0.29, 0.717) is 19.3 Å². The highest BCUT2D eigenvalue weighted by Crippen LogP contribution is 2.24. The van der Waals surface area contributed by atoms with Crippen LogP contribution in [0.2, 0.25) is 0 Å². The van der Waals surface area contributed by atoms with Gasteiger partial charge in [0, 0.05) is 25.6 Å². The number of carbonyl (C=O) groups is 1. The van der Waals surface area contributed by atoms with E-state index < -0.39 is 5.54 Å². The number of rotatable bonds is 6. The fraction of sp³-hybridized carbons (Fsp3) is 0.500. The van der Waals surface area contributed by atoms with E-state index in [9.17, 15) is 10.1 Å². The number of allylic oxidation sites excluding steroid dienone is 1. The smallest absolute Gasteiger partial charge is 0.224 e. The molecule has 1 saturated heterocycles. The first-order chi connectivity index (χ1) is 11.4. The van der Waals surface area contributed by atoms with Gasteiger partial charge in [0.05, 0.1) is 6.07 Å². The fourth-order valence-electron chi connectivity index (χ4n) is 3.17. The van der Waals surface area contributed by atoms with Gasteiger partial charge < -0.3 is 5.32 Å². The van der Waals surface area contributed by atoms with E-state index in [1.165, 1.54) is 5.56 Å². The first-order valence-corrected chi connectivity index (χ1v) is 8.58. The molecule has 1 heterocycles. The molecule has 0 bridgehead atoms. The lowest BCUT2D eigenvalue weighted by Gasteiger charge is -2.38. The summed E-state index contributed by atoms with van der Waals surface area (Å²) in [6.07, 6.45) is 2.00. The first-order valence-electron chi connectivity index (χ1n) is 8.58. The van der Waals surface area contributed by atoms with Crippen molar-refractivity contribution in [2.45, 2.75) is 45.2 Å². The lowest BCUT2D eigenvalue weighted by atomic mass is 9.87. The van der Waals surface area contributed by atoms with Crippen LogP contribution in [0.1, 0.15) is 38.7 Å². The Morgan fingerprint density at radius 2 is 2.00 bits per heavy atom. The van der Waals surface area contributed by atoms with Crippen LogP contribution in [0, 0.1) is 17.2 Å². The number of carbonyl (C=O) groups excluding carboxylic acids is 1. The number of nitriles is 1. The lowest BCUT2D eigenvalue weighted by Crippen LogP contribution is -2.55. The van der Waals surface area contributed by atoms with Crippen LogP contribution in [0.5, 0.6) is 0 Å². The zero-order chi connectivity index (χ0) is 17.6. The number of benzene rings is 1. The van der Waals surface area contributed by atoms with Crippen LogP contribution in [0.15, 0.2) is 42.5 Å². The molecule has 24 heavy (non-hydrogen) atoms.